The average Bonchev–Trinajstić information content (AvgIpc) is 2.27. The Morgan fingerprint density at radius 3 is 2.47 bits per heavy atom. The largest absolute Gasteiger partial charge is 0.405 e. The summed E-state index contributed by atoms with van der Waals surface area (Å²) in [5.41, 5.74) is 2.58. The molecule has 0 aliphatic rings. The third-order valence-electron chi connectivity index (χ3n) is 2.84. The molecule has 0 bridgehead atoms. The number of hydrogen-bond acceptors (Lipinski definition) is 2. The molecule has 0 saturated heterocycles. The highest BCUT2D eigenvalue weighted by atomic mass is 19.4. The van der Waals surface area contributed by atoms with E-state index in [-0.39, 0.29) is 0 Å². The number of aryl methyl sites for hydroxylation is 1. The fourth-order valence-corrected chi connectivity index (χ4v) is 2.02. The molecular formula is C14H21F3N2. The molecular weight excluding hydrogens is 253 g/mol. The topological polar surface area (TPSA) is 15.3 Å². The molecule has 0 aliphatic carbocycles. The van der Waals surface area contributed by atoms with Crippen molar-refractivity contribution in [3.63, 3.8) is 0 Å². The summed E-state index contributed by atoms with van der Waals surface area (Å²) >= 11 is 0. The number of nitrogens with one attached hydrogen (secondary N) is 1. The average molecular weight is 274 g/mol. The molecule has 0 radical (unpaired) electrons. The Bertz CT molecular complexity index is 402. The van der Waals surface area contributed by atoms with Crippen LogP contribution in [0, 0.1) is 6.92 Å². The summed E-state index contributed by atoms with van der Waals surface area (Å²) in [4.78, 5) is 1.23. The zero-order valence-electron chi connectivity index (χ0n) is 11.6. The number of anilines is 1. The van der Waals surface area contributed by atoms with Crippen LogP contribution in [0.25, 0.3) is 0 Å². The van der Waals surface area contributed by atoms with Crippen LogP contribution < -0.4 is 10.2 Å². The number of nitrogens with zero attached hydrogens (tertiary/aromatic N) is 1. The zero-order chi connectivity index (χ0) is 14.5. The molecule has 0 heterocycles. The van der Waals surface area contributed by atoms with E-state index in [1.807, 2.05) is 19.1 Å². The van der Waals surface area contributed by atoms with Gasteiger partial charge in [-0.2, -0.15) is 13.2 Å². The van der Waals surface area contributed by atoms with Crippen molar-refractivity contribution in [3.05, 3.63) is 29.3 Å². The first-order valence-electron chi connectivity index (χ1n) is 6.41. The van der Waals surface area contributed by atoms with Crippen LogP contribution in [0.5, 0.6) is 0 Å². The highest BCUT2D eigenvalue weighted by Crippen LogP contribution is 2.24. The predicted octanol–water partition coefficient (Wildman–Crippen LogP) is 3.49. The molecule has 108 valence electrons. The fraction of sp³-hybridized carbons (Fsp3) is 0.571. The van der Waals surface area contributed by atoms with Crippen LogP contribution in [0.1, 0.15) is 24.5 Å². The second-order valence-electron chi connectivity index (χ2n) is 4.77. The van der Waals surface area contributed by atoms with E-state index in [0.29, 0.717) is 5.69 Å². The molecule has 19 heavy (non-hydrogen) atoms. The molecule has 0 fully saturated rings. The molecule has 2 nitrogen and oxygen atoms in total. The molecule has 1 N–H and O–H groups in total. The van der Waals surface area contributed by atoms with Crippen molar-refractivity contribution in [1.29, 1.82) is 0 Å². The van der Waals surface area contributed by atoms with Gasteiger partial charge < -0.3 is 10.2 Å². The number of alkyl halides is 3. The molecule has 0 spiro atoms. The molecule has 0 saturated carbocycles. The maximum Gasteiger partial charge on any atom is 0.405 e. The van der Waals surface area contributed by atoms with Gasteiger partial charge in [-0.05, 0) is 37.1 Å². The van der Waals surface area contributed by atoms with E-state index in [2.05, 4.69) is 12.2 Å². The first kappa shape index (κ1) is 15.8. The summed E-state index contributed by atoms with van der Waals surface area (Å²) in [6, 6.07) is 5.56. The molecule has 5 heteroatoms. The van der Waals surface area contributed by atoms with Gasteiger partial charge in [-0.15, -0.1) is 0 Å². The normalized spacial score (nSPS) is 11.7. The van der Waals surface area contributed by atoms with Gasteiger partial charge in [0.25, 0.3) is 0 Å². The van der Waals surface area contributed by atoms with Crippen molar-refractivity contribution >= 4 is 5.69 Å². The Kier molecular flexibility index (Phi) is 5.66. The number of hydrogen-bond donors (Lipinski definition) is 1. The van der Waals surface area contributed by atoms with Gasteiger partial charge in [0.2, 0.25) is 0 Å². The van der Waals surface area contributed by atoms with Gasteiger partial charge in [0.05, 0.1) is 0 Å². The SMILES string of the molecule is CCCNCc1ccc(N(C)CC(F)(F)F)c(C)c1. The summed E-state index contributed by atoms with van der Waals surface area (Å²) in [5.74, 6) is 0. The molecule has 0 amide bonds. The molecule has 0 atom stereocenters. The van der Waals surface area contributed by atoms with E-state index in [0.717, 1.165) is 30.6 Å². The molecule has 0 aliphatic heterocycles. The van der Waals surface area contributed by atoms with Gasteiger partial charge in [0.1, 0.15) is 6.54 Å². The van der Waals surface area contributed by atoms with Crippen molar-refractivity contribution in [2.24, 2.45) is 0 Å². The first-order chi connectivity index (χ1) is 8.83. The molecule has 0 unspecified atom stereocenters. The third kappa shape index (κ3) is 5.51. The zero-order valence-corrected chi connectivity index (χ0v) is 11.6. The standard InChI is InChI=1S/C14H21F3N2/c1-4-7-18-9-12-5-6-13(11(2)8-12)19(3)10-14(15,16)17/h5-6,8,18H,4,7,9-10H2,1-3H3. The van der Waals surface area contributed by atoms with Gasteiger partial charge in [-0.1, -0.05) is 19.1 Å². The number of benzene rings is 1. The van der Waals surface area contributed by atoms with Crippen molar-refractivity contribution < 1.29 is 13.2 Å². The Labute approximate surface area is 112 Å². The van der Waals surface area contributed by atoms with Gasteiger partial charge in [-0.25, -0.2) is 0 Å². The minimum Gasteiger partial charge on any atom is -0.366 e. The lowest BCUT2D eigenvalue weighted by molar-refractivity contribution is -0.119. The second kappa shape index (κ2) is 6.80. The minimum atomic E-state index is -4.18. The summed E-state index contributed by atoms with van der Waals surface area (Å²) in [6.07, 6.45) is -3.12. The molecule has 1 rings (SSSR count). The maximum absolute atomic E-state index is 12.4. The maximum atomic E-state index is 12.4. The van der Waals surface area contributed by atoms with Crippen LogP contribution in [0.3, 0.4) is 0 Å². The molecule has 1 aromatic carbocycles. The van der Waals surface area contributed by atoms with Gasteiger partial charge in [0, 0.05) is 19.3 Å². The van der Waals surface area contributed by atoms with Crippen LogP contribution in [0.15, 0.2) is 18.2 Å². The van der Waals surface area contributed by atoms with Crippen LogP contribution in [0.2, 0.25) is 0 Å². The number of rotatable bonds is 6. The van der Waals surface area contributed by atoms with Crippen LogP contribution >= 0.6 is 0 Å². The van der Waals surface area contributed by atoms with E-state index in [1.54, 1.807) is 6.07 Å². The van der Waals surface area contributed by atoms with Crippen molar-refractivity contribution in [2.75, 3.05) is 25.0 Å². The van der Waals surface area contributed by atoms with E-state index < -0.39 is 12.7 Å². The van der Waals surface area contributed by atoms with Crippen molar-refractivity contribution in [1.82, 2.24) is 5.32 Å². The van der Waals surface area contributed by atoms with Gasteiger partial charge >= 0.3 is 6.18 Å². The Morgan fingerprint density at radius 2 is 1.95 bits per heavy atom. The first-order valence-corrected chi connectivity index (χ1v) is 6.41. The predicted molar refractivity (Wildman–Crippen MR) is 72.5 cm³/mol. The van der Waals surface area contributed by atoms with Crippen LogP contribution in [-0.2, 0) is 6.54 Å². The summed E-state index contributed by atoms with van der Waals surface area (Å²) in [5, 5.41) is 3.27. The lowest BCUT2D eigenvalue weighted by Gasteiger charge is -2.23. The van der Waals surface area contributed by atoms with Crippen LogP contribution in [-0.4, -0.2) is 26.3 Å². The van der Waals surface area contributed by atoms with Gasteiger partial charge in [0.15, 0.2) is 0 Å². The van der Waals surface area contributed by atoms with Crippen LogP contribution in [0.4, 0.5) is 18.9 Å². The van der Waals surface area contributed by atoms with E-state index in [4.69, 9.17) is 0 Å². The fourth-order valence-electron chi connectivity index (χ4n) is 2.02. The molecule has 1 aromatic rings. The Hall–Kier alpha value is -1.23. The minimum absolute atomic E-state index is 0.622. The lowest BCUT2D eigenvalue weighted by Crippen LogP contribution is -2.31. The summed E-state index contributed by atoms with van der Waals surface area (Å²) in [7, 11) is 1.46. The highest BCUT2D eigenvalue weighted by molar-refractivity contribution is 5.54. The van der Waals surface area contributed by atoms with E-state index >= 15 is 0 Å². The summed E-state index contributed by atoms with van der Waals surface area (Å²) < 4.78 is 37.1. The Balaban J connectivity index is 2.71. The third-order valence-corrected chi connectivity index (χ3v) is 2.84. The second-order valence-corrected chi connectivity index (χ2v) is 4.77. The van der Waals surface area contributed by atoms with E-state index in [1.165, 1.54) is 11.9 Å². The molecule has 0 aromatic heterocycles. The van der Waals surface area contributed by atoms with Crippen molar-refractivity contribution in [3.8, 4) is 0 Å². The lowest BCUT2D eigenvalue weighted by atomic mass is 10.1. The smallest absolute Gasteiger partial charge is 0.366 e. The quantitative estimate of drug-likeness (QED) is 0.799. The van der Waals surface area contributed by atoms with Gasteiger partial charge in [-0.3, -0.25) is 0 Å². The highest BCUT2D eigenvalue weighted by Gasteiger charge is 2.29. The number of halogens is 3. The monoisotopic (exact) mass is 274 g/mol. The summed E-state index contributed by atoms with van der Waals surface area (Å²) in [6.45, 7) is 4.69. The van der Waals surface area contributed by atoms with E-state index in [9.17, 15) is 13.2 Å². The Morgan fingerprint density at radius 1 is 1.26 bits per heavy atom. The van der Waals surface area contributed by atoms with Crippen molar-refractivity contribution in [2.45, 2.75) is 33.0 Å².